The SMILES string of the molecule is Oc1ccc(Cc2nc3c(Cc4ccccc4)nc(-c4ccc(O)cc4)cn3c2O)cc1.Oc1ccc(Cc2nc3c(Cc4ccccc4)nc4c5ccc(O)cc5ccc4n3c2O)cc1. The minimum Gasteiger partial charge on any atom is -0.508 e. The fourth-order valence-corrected chi connectivity index (χ4v) is 8.23. The van der Waals surface area contributed by atoms with E-state index in [1.165, 1.54) is 0 Å². The molecule has 4 heterocycles. The Morgan fingerprint density at radius 3 is 1.47 bits per heavy atom. The Hall–Kier alpha value is -8.90. The van der Waals surface area contributed by atoms with Gasteiger partial charge in [0.1, 0.15) is 34.4 Å². The minimum absolute atomic E-state index is 0.0600. The number of phenols is 4. The van der Waals surface area contributed by atoms with Gasteiger partial charge >= 0.3 is 0 Å². The van der Waals surface area contributed by atoms with Crippen molar-refractivity contribution in [1.82, 2.24) is 28.7 Å². The zero-order valence-electron chi connectivity index (χ0n) is 35.4. The lowest BCUT2D eigenvalue weighted by Crippen LogP contribution is -2.01. The highest BCUT2D eigenvalue weighted by Gasteiger charge is 2.21. The highest BCUT2D eigenvalue weighted by atomic mass is 16.3. The summed E-state index contributed by atoms with van der Waals surface area (Å²) < 4.78 is 3.44. The van der Waals surface area contributed by atoms with Gasteiger partial charge in [0.05, 0.1) is 28.1 Å². The van der Waals surface area contributed by atoms with Crippen molar-refractivity contribution < 1.29 is 30.6 Å². The average molecular weight is 871 g/mol. The van der Waals surface area contributed by atoms with Gasteiger partial charge in [0, 0.05) is 42.8 Å². The molecule has 0 fully saturated rings. The van der Waals surface area contributed by atoms with Gasteiger partial charge in [-0.3, -0.25) is 8.80 Å². The zero-order chi connectivity index (χ0) is 45.3. The summed E-state index contributed by atoms with van der Waals surface area (Å²) in [7, 11) is 0. The molecule has 66 heavy (non-hydrogen) atoms. The molecule has 0 bridgehead atoms. The first-order valence-corrected chi connectivity index (χ1v) is 21.3. The molecule has 11 aromatic rings. The van der Waals surface area contributed by atoms with Crippen molar-refractivity contribution in [3.63, 3.8) is 0 Å². The molecule has 0 aliphatic rings. The number of benzene rings is 7. The summed E-state index contributed by atoms with van der Waals surface area (Å²) in [4.78, 5) is 19.4. The van der Waals surface area contributed by atoms with Crippen LogP contribution >= 0.6 is 0 Å². The highest BCUT2D eigenvalue weighted by Crippen LogP contribution is 2.34. The summed E-state index contributed by atoms with van der Waals surface area (Å²) in [6.07, 6.45) is 3.72. The third kappa shape index (κ3) is 8.33. The maximum Gasteiger partial charge on any atom is 0.220 e. The Labute approximate surface area is 377 Å². The molecule has 0 saturated carbocycles. The van der Waals surface area contributed by atoms with Gasteiger partial charge in [-0.25, -0.2) is 19.9 Å². The maximum absolute atomic E-state index is 11.3. The molecule has 0 spiro atoms. The number of phenolic OH excluding ortho intramolecular Hbond substituents is 4. The van der Waals surface area contributed by atoms with Crippen LogP contribution < -0.4 is 0 Å². The van der Waals surface area contributed by atoms with Crippen LogP contribution in [0.4, 0.5) is 0 Å². The lowest BCUT2D eigenvalue weighted by atomic mass is 10.1. The molecule has 12 nitrogen and oxygen atoms in total. The molecule has 0 saturated heterocycles. The minimum atomic E-state index is 0.0600. The Morgan fingerprint density at radius 2 is 0.879 bits per heavy atom. The summed E-state index contributed by atoms with van der Waals surface area (Å²) in [5.41, 5.74) is 10.8. The van der Waals surface area contributed by atoms with E-state index in [0.717, 1.165) is 61.0 Å². The Kier molecular flexibility index (Phi) is 10.8. The Morgan fingerprint density at radius 1 is 0.394 bits per heavy atom. The van der Waals surface area contributed by atoms with Crippen LogP contribution in [0.3, 0.4) is 0 Å². The zero-order valence-corrected chi connectivity index (χ0v) is 35.4. The molecule has 0 aliphatic heterocycles. The standard InChI is InChI=1S/C28H21N3O3.C26H21N3O3/c32-20-9-6-18(7-10-20)15-24-28(34)31-25-13-8-19-16-21(33)11-12-22(19)26(25)29-23(27(31)30-24)14-17-4-2-1-3-5-17;30-20-10-6-18(7-11-20)15-23-26(32)29-16-24(19-8-12-21(31)13-9-19)27-22(25(29)28-23)14-17-4-2-1-3-5-17/h1-13,16,32-34H,14-15H2;1-13,16,30-32H,14-15H2. The van der Waals surface area contributed by atoms with Crippen LogP contribution in [-0.4, -0.2) is 59.4 Å². The number of rotatable bonds is 9. The third-order valence-corrected chi connectivity index (χ3v) is 11.5. The second-order valence-corrected chi connectivity index (χ2v) is 16.1. The molecule has 0 aliphatic carbocycles. The molecule has 0 amide bonds. The Balaban J connectivity index is 0.000000155. The van der Waals surface area contributed by atoms with E-state index in [2.05, 4.69) is 0 Å². The molecule has 324 valence electrons. The normalized spacial score (nSPS) is 11.3. The first kappa shape index (κ1) is 41.1. The van der Waals surface area contributed by atoms with E-state index in [-0.39, 0.29) is 34.8 Å². The maximum atomic E-state index is 11.3. The van der Waals surface area contributed by atoms with Crippen LogP contribution in [0.2, 0.25) is 0 Å². The van der Waals surface area contributed by atoms with Crippen molar-refractivity contribution >= 4 is 33.1 Å². The lowest BCUT2D eigenvalue weighted by Gasteiger charge is -2.11. The Bertz CT molecular complexity index is 3520. The van der Waals surface area contributed by atoms with E-state index in [0.29, 0.717) is 54.1 Å². The van der Waals surface area contributed by atoms with Gasteiger partial charge in [0.15, 0.2) is 11.3 Å². The van der Waals surface area contributed by atoms with E-state index < -0.39 is 0 Å². The summed E-state index contributed by atoms with van der Waals surface area (Å²) in [6.45, 7) is 0. The van der Waals surface area contributed by atoms with Crippen LogP contribution in [0.1, 0.15) is 45.0 Å². The van der Waals surface area contributed by atoms with Crippen LogP contribution in [0.25, 0.3) is 44.4 Å². The van der Waals surface area contributed by atoms with Crippen molar-refractivity contribution in [1.29, 1.82) is 0 Å². The summed E-state index contributed by atoms with van der Waals surface area (Å²) in [5, 5.41) is 62.7. The van der Waals surface area contributed by atoms with Gasteiger partial charge in [0.2, 0.25) is 11.8 Å². The van der Waals surface area contributed by atoms with E-state index in [4.69, 9.17) is 19.9 Å². The van der Waals surface area contributed by atoms with E-state index in [1.54, 1.807) is 75.7 Å². The predicted octanol–water partition coefficient (Wildman–Crippen LogP) is 10.0. The largest absolute Gasteiger partial charge is 0.508 e. The predicted molar refractivity (Wildman–Crippen MR) is 253 cm³/mol. The fourth-order valence-electron chi connectivity index (χ4n) is 8.23. The number of fused-ring (bicyclic) bond motifs is 6. The number of aromatic nitrogens is 6. The second kappa shape index (κ2) is 17.3. The van der Waals surface area contributed by atoms with E-state index >= 15 is 0 Å². The summed E-state index contributed by atoms with van der Waals surface area (Å²) >= 11 is 0. The number of imidazole rings is 2. The average Bonchev–Trinajstić information content (AvgIpc) is 3.83. The molecule has 11 rings (SSSR count). The molecule has 12 heteroatoms. The molecule has 0 atom stereocenters. The molecule has 6 N–H and O–H groups in total. The third-order valence-electron chi connectivity index (χ3n) is 11.5. The monoisotopic (exact) mass is 870 g/mol. The second-order valence-electron chi connectivity index (χ2n) is 16.1. The molecular formula is C54H42N6O6. The fraction of sp³-hybridized carbons (Fsp3) is 0.0741. The molecule has 4 aromatic heterocycles. The first-order valence-electron chi connectivity index (χ1n) is 21.3. The van der Waals surface area contributed by atoms with Gasteiger partial charge in [-0.15, -0.1) is 0 Å². The lowest BCUT2D eigenvalue weighted by molar-refractivity contribution is 0.442. The van der Waals surface area contributed by atoms with Gasteiger partial charge in [-0.1, -0.05) is 91.0 Å². The first-order chi connectivity index (χ1) is 32.1. The van der Waals surface area contributed by atoms with Gasteiger partial charge in [-0.05, 0) is 100 Å². The molecule has 0 unspecified atom stereocenters. The van der Waals surface area contributed by atoms with Crippen molar-refractivity contribution in [2.75, 3.05) is 0 Å². The number of nitrogens with zero attached hydrogens (tertiary/aromatic N) is 6. The summed E-state index contributed by atoms with van der Waals surface area (Å²) in [5.74, 6) is 0.898. The van der Waals surface area contributed by atoms with Gasteiger partial charge < -0.3 is 30.6 Å². The number of hydrogen-bond donors (Lipinski definition) is 6. The van der Waals surface area contributed by atoms with Crippen LogP contribution in [0.5, 0.6) is 34.8 Å². The van der Waals surface area contributed by atoms with Crippen molar-refractivity contribution in [2.24, 2.45) is 0 Å². The number of hydrogen-bond acceptors (Lipinski definition) is 10. The molecule has 7 aromatic carbocycles. The number of aromatic hydroxyl groups is 6. The van der Waals surface area contributed by atoms with Crippen LogP contribution in [0.15, 0.2) is 170 Å². The van der Waals surface area contributed by atoms with Gasteiger partial charge in [-0.2, -0.15) is 0 Å². The van der Waals surface area contributed by atoms with Crippen molar-refractivity contribution in [2.45, 2.75) is 25.7 Å². The van der Waals surface area contributed by atoms with Crippen LogP contribution in [-0.2, 0) is 25.7 Å². The summed E-state index contributed by atoms with van der Waals surface area (Å²) in [6, 6.07) is 49.6. The smallest absolute Gasteiger partial charge is 0.220 e. The van der Waals surface area contributed by atoms with E-state index in [1.807, 2.05) is 103 Å². The van der Waals surface area contributed by atoms with Crippen LogP contribution in [0, 0.1) is 0 Å². The quantitative estimate of drug-likeness (QED) is 0.0764. The van der Waals surface area contributed by atoms with Gasteiger partial charge in [0.25, 0.3) is 0 Å². The molecule has 0 radical (unpaired) electrons. The molecular weight excluding hydrogens is 829 g/mol. The van der Waals surface area contributed by atoms with E-state index in [9.17, 15) is 30.6 Å². The van der Waals surface area contributed by atoms with Crippen molar-refractivity contribution in [3.8, 4) is 46.0 Å². The highest BCUT2D eigenvalue weighted by molar-refractivity contribution is 6.05. The topological polar surface area (TPSA) is 182 Å². The van der Waals surface area contributed by atoms with Crippen molar-refractivity contribution in [3.05, 3.63) is 215 Å².